The van der Waals surface area contributed by atoms with Gasteiger partial charge in [0.15, 0.2) is 11.5 Å². The Labute approximate surface area is 156 Å². The van der Waals surface area contributed by atoms with Gasteiger partial charge in [-0.25, -0.2) is 0 Å². The number of methoxy groups -OCH3 is 1. The molecule has 5 heteroatoms. The Balaban J connectivity index is 1.92. The molecule has 0 aromatic heterocycles. The fourth-order valence-electron chi connectivity index (χ4n) is 2.82. The second kappa shape index (κ2) is 8.54. The first kappa shape index (κ1) is 18.7. The number of halogens is 2. The van der Waals surface area contributed by atoms with Gasteiger partial charge in [-0.1, -0.05) is 36.4 Å². The Kier molecular flexibility index (Phi) is 5.91. The Bertz CT molecular complexity index is 934. The molecule has 0 aliphatic carbocycles. The topological polar surface area (TPSA) is 27.7 Å². The molecule has 0 radical (unpaired) electrons. The molecular weight excluding hydrogens is 350 g/mol. The van der Waals surface area contributed by atoms with Crippen molar-refractivity contribution in [3.8, 4) is 28.4 Å². The predicted molar refractivity (Wildman–Crippen MR) is 103 cm³/mol. The highest BCUT2D eigenvalue weighted by atomic mass is 19.3. The zero-order valence-corrected chi connectivity index (χ0v) is 15.1. The number of hydrogen-bond donors (Lipinski definition) is 0. The molecule has 0 saturated carbocycles. The maximum absolute atomic E-state index is 12.8. The van der Waals surface area contributed by atoms with Gasteiger partial charge >= 0.3 is 6.61 Å². The van der Waals surface area contributed by atoms with Gasteiger partial charge in [0.1, 0.15) is 12.4 Å². The van der Waals surface area contributed by atoms with Crippen LogP contribution in [0.2, 0.25) is 0 Å². The van der Waals surface area contributed by atoms with Crippen LogP contribution in [0.15, 0.2) is 66.7 Å². The fraction of sp³-hybridized carbons (Fsp3) is 0.182. The zero-order chi connectivity index (χ0) is 19.2. The maximum Gasteiger partial charge on any atom is 0.387 e. The fourth-order valence-corrected chi connectivity index (χ4v) is 2.82. The molecule has 3 rings (SSSR count). The lowest BCUT2D eigenvalue weighted by atomic mass is 10.0. The molecule has 140 valence electrons. The quantitative estimate of drug-likeness (QED) is 0.472. The van der Waals surface area contributed by atoms with Crippen LogP contribution in [-0.2, 0) is 0 Å². The van der Waals surface area contributed by atoms with Crippen LogP contribution in [0.5, 0.6) is 17.2 Å². The van der Waals surface area contributed by atoms with Crippen molar-refractivity contribution in [1.82, 2.24) is 0 Å². The van der Waals surface area contributed by atoms with Gasteiger partial charge in [0.25, 0.3) is 0 Å². The van der Waals surface area contributed by atoms with Crippen LogP contribution in [0.3, 0.4) is 0 Å². The Morgan fingerprint density at radius 2 is 1.70 bits per heavy atom. The van der Waals surface area contributed by atoms with Crippen LogP contribution in [-0.4, -0.2) is 20.3 Å². The molecule has 3 aromatic carbocycles. The predicted octanol–water partition coefficient (Wildman–Crippen LogP) is 6.07. The summed E-state index contributed by atoms with van der Waals surface area (Å²) in [6.07, 6.45) is 3.87. The molecule has 3 aromatic rings. The minimum atomic E-state index is -2.92. The van der Waals surface area contributed by atoms with Crippen molar-refractivity contribution in [3.05, 3.63) is 66.7 Å². The van der Waals surface area contributed by atoms with Crippen LogP contribution in [0.25, 0.3) is 21.9 Å². The van der Waals surface area contributed by atoms with Crippen molar-refractivity contribution in [2.24, 2.45) is 0 Å². The maximum atomic E-state index is 12.8. The van der Waals surface area contributed by atoms with E-state index in [0.29, 0.717) is 12.0 Å². The summed E-state index contributed by atoms with van der Waals surface area (Å²) in [4.78, 5) is 0. The third-order valence-corrected chi connectivity index (χ3v) is 4.13. The van der Waals surface area contributed by atoms with Crippen molar-refractivity contribution in [3.63, 3.8) is 0 Å². The Morgan fingerprint density at radius 1 is 0.963 bits per heavy atom. The summed E-state index contributed by atoms with van der Waals surface area (Å²) in [6, 6.07) is 16.8. The number of rotatable bonds is 7. The second-order valence-electron chi connectivity index (χ2n) is 5.82. The molecule has 0 aliphatic rings. The van der Waals surface area contributed by atoms with Gasteiger partial charge in [0.2, 0.25) is 0 Å². The number of ether oxygens (including phenoxy) is 3. The summed E-state index contributed by atoms with van der Waals surface area (Å²) < 4.78 is 40.9. The van der Waals surface area contributed by atoms with Gasteiger partial charge in [-0.15, -0.1) is 0 Å². The minimum absolute atomic E-state index is 0.0456. The van der Waals surface area contributed by atoms with E-state index in [2.05, 4.69) is 4.74 Å². The average Bonchev–Trinajstić information content (AvgIpc) is 2.68. The van der Waals surface area contributed by atoms with E-state index in [4.69, 9.17) is 9.47 Å². The summed E-state index contributed by atoms with van der Waals surface area (Å²) >= 11 is 0. The SMILES string of the molecule is CC=CCOc1ccc(-c2ccc3c(OC(F)F)c(OC)ccc3c2)cc1. The summed E-state index contributed by atoms with van der Waals surface area (Å²) in [5.74, 6) is 1.11. The highest BCUT2D eigenvalue weighted by Gasteiger charge is 2.15. The molecule has 0 N–H and O–H groups in total. The van der Waals surface area contributed by atoms with Crippen molar-refractivity contribution < 1.29 is 23.0 Å². The number of benzene rings is 3. The van der Waals surface area contributed by atoms with E-state index < -0.39 is 6.61 Å². The summed E-state index contributed by atoms with van der Waals surface area (Å²) in [5, 5.41) is 1.36. The van der Waals surface area contributed by atoms with Gasteiger partial charge in [-0.3, -0.25) is 0 Å². The Morgan fingerprint density at radius 3 is 2.37 bits per heavy atom. The van der Waals surface area contributed by atoms with Gasteiger partial charge in [0, 0.05) is 5.39 Å². The van der Waals surface area contributed by atoms with E-state index in [1.165, 1.54) is 7.11 Å². The summed E-state index contributed by atoms with van der Waals surface area (Å²) in [7, 11) is 1.42. The number of allylic oxidation sites excluding steroid dienone is 1. The Hall–Kier alpha value is -3.08. The van der Waals surface area contributed by atoms with Gasteiger partial charge < -0.3 is 14.2 Å². The van der Waals surface area contributed by atoms with Crippen LogP contribution in [0.1, 0.15) is 6.92 Å². The van der Waals surface area contributed by atoms with Crippen LogP contribution in [0.4, 0.5) is 8.78 Å². The lowest BCUT2D eigenvalue weighted by Crippen LogP contribution is -2.04. The van der Waals surface area contributed by atoms with E-state index in [0.717, 1.165) is 22.3 Å². The second-order valence-corrected chi connectivity index (χ2v) is 5.82. The standard InChI is InChI=1S/C22H20F2O3/c1-3-4-13-26-18-9-5-15(6-10-18)16-7-11-19-17(14-16)8-12-20(25-2)21(19)27-22(23)24/h3-12,14,22H,13H2,1-2H3. The largest absolute Gasteiger partial charge is 0.493 e. The van der Waals surface area contributed by atoms with Gasteiger partial charge in [-0.05, 0) is 53.8 Å². The van der Waals surface area contributed by atoms with E-state index in [-0.39, 0.29) is 11.5 Å². The third kappa shape index (κ3) is 4.37. The van der Waals surface area contributed by atoms with Gasteiger partial charge in [-0.2, -0.15) is 8.78 Å². The molecule has 3 nitrogen and oxygen atoms in total. The number of fused-ring (bicyclic) bond motifs is 1. The zero-order valence-electron chi connectivity index (χ0n) is 15.1. The van der Waals surface area contributed by atoms with Crippen LogP contribution < -0.4 is 14.2 Å². The molecule has 27 heavy (non-hydrogen) atoms. The summed E-state index contributed by atoms with van der Waals surface area (Å²) in [6.45, 7) is -0.445. The average molecular weight is 370 g/mol. The molecule has 0 heterocycles. The molecule has 0 saturated heterocycles. The van der Waals surface area contributed by atoms with E-state index in [1.54, 1.807) is 12.1 Å². The molecule has 0 aliphatic heterocycles. The summed E-state index contributed by atoms with van der Waals surface area (Å²) in [5.41, 5.74) is 1.97. The van der Waals surface area contributed by atoms with E-state index in [1.807, 2.05) is 61.5 Å². The highest BCUT2D eigenvalue weighted by molar-refractivity contribution is 5.93. The van der Waals surface area contributed by atoms with Crippen molar-refractivity contribution in [2.45, 2.75) is 13.5 Å². The molecule has 0 spiro atoms. The number of alkyl halides is 2. The van der Waals surface area contributed by atoms with Crippen molar-refractivity contribution >= 4 is 10.8 Å². The molecule has 0 atom stereocenters. The smallest absolute Gasteiger partial charge is 0.387 e. The minimum Gasteiger partial charge on any atom is -0.493 e. The molecular formula is C22H20F2O3. The van der Waals surface area contributed by atoms with Crippen LogP contribution in [0, 0.1) is 0 Å². The van der Waals surface area contributed by atoms with E-state index in [9.17, 15) is 8.78 Å². The lowest BCUT2D eigenvalue weighted by molar-refractivity contribution is -0.0501. The normalized spacial score (nSPS) is 11.3. The first-order valence-corrected chi connectivity index (χ1v) is 8.52. The van der Waals surface area contributed by atoms with Crippen molar-refractivity contribution in [1.29, 1.82) is 0 Å². The van der Waals surface area contributed by atoms with Gasteiger partial charge in [0.05, 0.1) is 7.11 Å². The van der Waals surface area contributed by atoms with E-state index >= 15 is 0 Å². The lowest BCUT2D eigenvalue weighted by Gasteiger charge is -2.13. The van der Waals surface area contributed by atoms with Crippen LogP contribution >= 0.6 is 0 Å². The first-order valence-electron chi connectivity index (χ1n) is 8.52. The first-order chi connectivity index (χ1) is 13.1. The van der Waals surface area contributed by atoms with Crippen molar-refractivity contribution in [2.75, 3.05) is 13.7 Å². The monoisotopic (exact) mass is 370 g/mol. The molecule has 0 amide bonds. The molecule has 0 unspecified atom stereocenters. The molecule has 0 fully saturated rings. The highest BCUT2D eigenvalue weighted by Crippen LogP contribution is 2.38. The number of hydrogen-bond acceptors (Lipinski definition) is 3. The molecule has 0 bridgehead atoms. The third-order valence-electron chi connectivity index (χ3n) is 4.13.